The topological polar surface area (TPSA) is 58.5 Å². The van der Waals surface area contributed by atoms with E-state index in [0.717, 1.165) is 16.0 Å². The van der Waals surface area contributed by atoms with Gasteiger partial charge in [0.25, 0.3) is 11.5 Å². The van der Waals surface area contributed by atoms with Gasteiger partial charge in [-0.3, -0.25) is 0 Å². The zero-order chi connectivity index (χ0) is 24.9. The molecule has 5 nitrogen and oxygen atoms in total. The van der Waals surface area contributed by atoms with Crippen molar-refractivity contribution < 1.29 is 14.1 Å². The first-order chi connectivity index (χ1) is 16.7. The fourth-order valence-corrected chi connectivity index (χ4v) is 5.54. The molecule has 9 heteroatoms. The molecule has 3 aromatic heterocycles. The zero-order valence-electron chi connectivity index (χ0n) is 18.7. The molecule has 5 rings (SSSR count). The Hall–Kier alpha value is -3.26. The van der Waals surface area contributed by atoms with Crippen LogP contribution in [0.1, 0.15) is 16.0 Å². The second kappa shape index (κ2) is 9.07. The predicted octanol–water partition coefficient (Wildman–Crippen LogP) is 6.19. The summed E-state index contributed by atoms with van der Waals surface area (Å²) in [6, 6.07) is 13.3. The van der Waals surface area contributed by atoms with E-state index in [1.807, 2.05) is 26.0 Å². The molecular formula is C26H19Cl2FN3O2S+. The maximum Gasteiger partial charge on any atom is 0.354 e. The Balaban J connectivity index is 1.79. The van der Waals surface area contributed by atoms with Crippen LogP contribution in [0.15, 0.2) is 65.7 Å². The van der Waals surface area contributed by atoms with Gasteiger partial charge in [-0.15, -0.1) is 11.3 Å². The molecule has 0 bridgehead atoms. The number of fused-ring (bicyclic) bond motifs is 1. The van der Waals surface area contributed by atoms with Gasteiger partial charge in [-0.1, -0.05) is 35.3 Å². The van der Waals surface area contributed by atoms with Crippen LogP contribution in [0.2, 0.25) is 9.49 Å². The number of aromatic nitrogens is 3. The van der Waals surface area contributed by atoms with Crippen LogP contribution in [0, 0.1) is 19.7 Å². The lowest BCUT2D eigenvalue weighted by molar-refractivity contribution is -0.671. The summed E-state index contributed by atoms with van der Waals surface area (Å²) in [7, 11) is 0. The molecule has 0 fully saturated rings. The van der Waals surface area contributed by atoms with E-state index in [1.54, 1.807) is 41.2 Å². The number of aryl methyl sites for hydroxylation is 2. The van der Waals surface area contributed by atoms with E-state index in [-0.39, 0.29) is 23.6 Å². The van der Waals surface area contributed by atoms with Crippen molar-refractivity contribution in [3.8, 4) is 28.1 Å². The molecule has 0 aliphatic carbocycles. The lowest BCUT2D eigenvalue weighted by Gasteiger charge is -2.12. The van der Waals surface area contributed by atoms with Crippen molar-refractivity contribution in [1.29, 1.82) is 0 Å². The molecule has 5 aromatic rings. The molecule has 0 aliphatic heterocycles. The Bertz CT molecular complexity index is 1680. The highest BCUT2D eigenvalue weighted by atomic mass is 35.5. The van der Waals surface area contributed by atoms with E-state index < -0.39 is 11.4 Å². The molecule has 0 amide bonds. The van der Waals surface area contributed by atoms with Gasteiger partial charge in [0.15, 0.2) is 10.0 Å². The molecule has 0 saturated carbocycles. The van der Waals surface area contributed by atoms with Crippen LogP contribution in [-0.2, 0) is 6.54 Å². The third-order valence-electron chi connectivity index (χ3n) is 5.79. The van der Waals surface area contributed by atoms with E-state index in [1.165, 1.54) is 27.9 Å². The standard InChI is InChI=1S/C26H18Cl2FN3O2S/c1-14-5-6-20(21(27)8-14)16-9-17(11-18(29)10-16)22-24(33)31-7-3-4-15(2)23(31)32(25(22)34)13-19-12-30-26(28)35-19/h3-12H,13H2,1-2H3/p+1. The van der Waals surface area contributed by atoms with Gasteiger partial charge in [-0.25, -0.2) is 14.2 Å². The summed E-state index contributed by atoms with van der Waals surface area (Å²) in [6.07, 6.45) is 3.25. The van der Waals surface area contributed by atoms with Gasteiger partial charge in [0.1, 0.15) is 12.4 Å². The van der Waals surface area contributed by atoms with E-state index in [2.05, 4.69) is 4.98 Å². The van der Waals surface area contributed by atoms with Crippen LogP contribution in [-0.4, -0.2) is 14.5 Å². The number of aromatic hydroxyl groups is 1. The molecule has 0 spiro atoms. The number of pyridine rings is 1. The van der Waals surface area contributed by atoms with Crippen molar-refractivity contribution in [1.82, 2.24) is 9.38 Å². The van der Waals surface area contributed by atoms with Gasteiger partial charge in [0.05, 0.1) is 11.1 Å². The molecule has 0 unspecified atom stereocenters. The van der Waals surface area contributed by atoms with Crippen LogP contribution in [0.25, 0.3) is 27.9 Å². The van der Waals surface area contributed by atoms with Crippen LogP contribution in [0.3, 0.4) is 0 Å². The minimum atomic E-state index is -0.553. The molecule has 0 aliphatic rings. The monoisotopic (exact) mass is 526 g/mol. The van der Waals surface area contributed by atoms with Gasteiger partial charge >= 0.3 is 5.56 Å². The summed E-state index contributed by atoms with van der Waals surface area (Å²) < 4.78 is 18.3. The first-order valence-electron chi connectivity index (χ1n) is 10.7. The summed E-state index contributed by atoms with van der Waals surface area (Å²) in [5.41, 5.74) is 3.15. The maximum absolute atomic E-state index is 14.8. The van der Waals surface area contributed by atoms with Gasteiger partial charge in [-0.2, -0.15) is 8.97 Å². The molecule has 35 heavy (non-hydrogen) atoms. The summed E-state index contributed by atoms with van der Waals surface area (Å²) in [4.78, 5) is 18.5. The van der Waals surface area contributed by atoms with Crippen LogP contribution in [0.4, 0.5) is 4.39 Å². The largest absolute Gasteiger partial charge is 0.477 e. The van der Waals surface area contributed by atoms with E-state index in [4.69, 9.17) is 23.2 Å². The van der Waals surface area contributed by atoms with Crippen molar-refractivity contribution in [2.75, 3.05) is 0 Å². The lowest BCUT2D eigenvalue weighted by Crippen LogP contribution is -2.41. The smallest absolute Gasteiger partial charge is 0.354 e. The fourth-order valence-electron chi connectivity index (χ4n) is 4.23. The third-order valence-corrected chi connectivity index (χ3v) is 7.20. The highest BCUT2D eigenvalue weighted by Crippen LogP contribution is 2.34. The maximum atomic E-state index is 14.8. The molecule has 1 N–H and O–H groups in total. The average Bonchev–Trinajstić information content (AvgIpc) is 3.21. The highest BCUT2D eigenvalue weighted by molar-refractivity contribution is 7.15. The number of rotatable bonds is 4. The number of benzene rings is 2. The fraction of sp³-hybridized carbons (Fsp3) is 0.115. The normalized spacial score (nSPS) is 11.3. The Morgan fingerprint density at radius 2 is 1.89 bits per heavy atom. The van der Waals surface area contributed by atoms with Crippen LogP contribution >= 0.6 is 34.5 Å². The SMILES string of the molecule is Cc1ccc(-c2cc(F)cc(-c3c(O)[n+](Cc4cnc(Cl)s4)c4c(C)cccn4c3=O)c2)c(Cl)c1. The van der Waals surface area contributed by atoms with E-state index in [9.17, 15) is 14.3 Å². The number of halogens is 3. The number of hydrogen-bond donors (Lipinski definition) is 1. The third kappa shape index (κ3) is 4.31. The lowest BCUT2D eigenvalue weighted by atomic mass is 9.98. The van der Waals surface area contributed by atoms with Crippen molar-refractivity contribution in [2.24, 2.45) is 0 Å². The van der Waals surface area contributed by atoms with Crippen molar-refractivity contribution in [3.63, 3.8) is 0 Å². The highest BCUT2D eigenvalue weighted by Gasteiger charge is 2.27. The Morgan fingerprint density at radius 3 is 2.60 bits per heavy atom. The van der Waals surface area contributed by atoms with Crippen molar-refractivity contribution >= 4 is 40.2 Å². The minimum Gasteiger partial charge on any atom is -0.477 e. The molecule has 0 saturated heterocycles. The number of thiazole rings is 1. The zero-order valence-corrected chi connectivity index (χ0v) is 21.0. The summed E-state index contributed by atoms with van der Waals surface area (Å²) in [6.45, 7) is 3.99. The summed E-state index contributed by atoms with van der Waals surface area (Å²) in [5, 5.41) is 11.9. The van der Waals surface area contributed by atoms with Gasteiger partial charge in [0, 0.05) is 27.9 Å². The van der Waals surface area contributed by atoms with Crippen molar-refractivity contribution in [3.05, 3.63) is 103 Å². The number of hydrogen-bond acceptors (Lipinski definition) is 4. The molecule has 0 atom stereocenters. The van der Waals surface area contributed by atoms with E-state index >= 15 is 0 Å². The van der Waals surface area contributed by atoms with Gasteiger partial charge in [-0.05, 0) is 61.4 Å². The summed E-state index contributed by atoms with van der Waals surface area (Å²) >= 11 is 13.7. The second-order valence-electron chi connectivity index (χ2n) is 8.27. The quantitative estimate of drug-likeness (QED) is 0.284. The molecule has 2 aromatic carbocycles. The molecule has 3 heterocycles. The van der Waals surface area contributed by atoms with E-state index in [0.29, 0.717) is 26.3 Å². The Kier molecular flexibility index (Phi) is 6.09. The van der Waals surface area contributed by atoms with Crippen LogP contribution in [0.5, 0.6) is 5.88 Å². The predicted molar refractivity (Wildman–Crippen MR) is 137 cm³/mol. The second-order valence-corrected chi connectivity index (χ2v) is 10.4. The van der Waals surface area contributed by atoms with Gasteiger partial charge < -0.3 is 5.11 Å². The number of nitrogens with zero attached hydrogens (tertiary/aromatic N) is 3. The van der Waals surface area contributed by atoms with Crippen molar-refractivity contribution in [2.45, 2.75) is 20.4 Å². The molecular weight excluding hydrogens is 508 g/mol. The first-order valence-corrected chi connectivity index (χ1v) is 12.2. The Morgan fingerprint density at radius 1 is 1.11 bits per heavy atom. The average molecular weight is 527 g/mol. The molecule has 176 valence electrons. The first kappa shape index (κ1) is 23.5. The minimum absolute atomic E-state index is 0.0207. The Labute approximate surface area is 214 Å². The summed E-state index contributed by atoms with van der Waals surface area (Å²) in [5.74, 6) is -0.830. The van der Waals surface area contributed by atoms with Gasteiger partial charge in [0.2, 0.25) is 0 Å². The van der Waals surface area contributed by atoms with Crippen LogP contribution < -0.4 is 10.1 Å². The molecule has 0 radical (unpaired) electrons.